The van der Waals surface area contributed by atoms with Gasteiger partial charge in [-0.3, -0.25) is 0 Å². The highest BCUT2D eigenvalue weighted by Gasteiger charge is 2.33. The van der Waals surface area contributed by atoms with Gasteiger partial charge in [0.15, 0.2) is 0 Å². The summed E-state index contributed by atoms with van der Waals surface area (Å²) < 4.78 is 0. The molecule has 2 heteroatoms. The lowest BCUT2D eigenvalue weighted by Gasteiger charge is -2.28. The second-order valence-corrected chi connectivity index (χ2v) is 4.48. The third-order valence-electron chi connectivity index (χ3n) is 3.41. The Kier molecular flexibility index (Phi) is 4.10. The highest BCUT2D eigenvalue weighted by Crippen LogP contribution is 2.34. The topological polar surface area (TPSA) is 40.9 Å². The van der Waals surface area contributed by atoms with Crippen molar-refractivity contribution in [2.24, 2.45) is 0 Å². The Balaban J connectivity index is 2.55. The molecule has 2 aromatic carbocycles. The molecule has 2 aromatic rings. The molecule has 0 aliphatic heterocycles. The largest absolute Gasteiger partial charge is 0.302 e. The van der Waals surface area contributed by atoms with Crippen LogP contribution in [0.25, 0.3) is 0 Å². The van der Waals surface area contributed by atoms with Crippen LogP contribution < -0.4 is 0 Å². The van der Waals surface area contributed by atoms with Crippen molar-refractivity contribution in [2.75, 3.05) is 0 Å². The van der Waals surface area contributed by atoms with Gasteiger partial charge in [-0.05, 0) is 17.5 Å². The van der Waals surface area contributed by atoms with E-state index >= 15 is 0 Å². The number of rotatable bonds is 5. The second-order valence-electron chi connectivity index (χ2n) is 4.48. The molecule has 0 saturated carbocycles. The fraction of sp³-hybridized carbons (Fsp3) is 0.176. The van der Waals surface area contributed by atoms with Crippen molar-refractivity contribution in [3.8, 4) is 6.07 Å². The number of hydrogen-bond acceptors (Lipinski definition) is 2. The number of aldehydes is 1. The fourth-order valence-electron chi connectivity index (χ4n) is 2.37. The van der Waals surface area contributed by atoms with Crippen molar-refractivity contribution in [3.63, 3.8) is 0 Å². The van der Waals surface area contributed by atoms with E-state index in [1.165, 1.54) is 0 Å². The van der Waals surface area contributed by atoms with Gasteiger partial charge in [-0.25, -0.2) is 0 Å². The number of nitrogens with zero attached hydrogens (tertiary/aromatic N) is 1. The zero-order valence-electron chi connectivity index (χ0n) is 10.6. The van der Waals surface area contributed by atoms with Gasteiger partial charge in [-0.2, -0.15) is 5.26 Å². The van der Waals surface area contributed by atoms with Crippen LogP contribution in [0, 0.1) is 11.3 Å². The molecule has 94 valence electrons. The summed E-state index contributed by atoms with van der Waals surface area (Å²) in [6.07, 6.45) is 1.82. The van der Waals surface area contributed by atoms with Crippen molar-refractivity contribution in [2.45, 2.75) is 18.3 Å². The molecule has 0 fully saturated rings. The lowest BCUT2D eigenvalue weighted by atomic mass is 9.72. The van der Waals surface area contributed by atoms with Gasteiger partial charge < -0.3 is 4.79 Å². The van der Waals surface area contributed by atoms with E-state index in [0.29, 0.717) is 12.8 Å². The van der Waals surface area contributed by atoms with Crippen molar-refractivity contribution in [3.05, 3.63) is 71.8 Å². The highest BCUT2D eigenvalue weighted by atomic mass is 16.1. The molecule has 0 atom stereocenters. The maximum Gasteiger partial charge on any atom is 0.134 e. The molecule has 0 heterocycles. The molecule has 0 aromatic heterocycles. The summed E-state index contributed by atoms with van der Waals surface area (Å²) >= 11 is 0. The van der Waals surface area contributed by atoms with Crippen molar-refractivity contribution in [1.29, 1.82) is 5.26 Å². The summed E-state index contributed by atoms with van der Waals surface area (Å²) in [5.41, 5.74) is 1.15. The Hall–Kier alpha value is -2.40. The summed E-state index contributed by atoms with van der Waals surface area (Å²) in [5, 5.41) is 8.85. The molecule has 0 saturated heterocycles. The Bertz CT molecular complexity index is 530. The molecule has 0 spiro atoms. The second kappa shape index (κ2) is 5.97. The van der Waals surface area contributed by atoms with E-state index in [1.807, 2.05) is 60.7 Å². The van der Waals surface area contributed by atoms with Gasteiger partial charge in [-0.1, -0.05) is 60.7 Å². The molecule has 0 unspecified atom stereocenters. The van der Waals surface area contributed by atoms with E-state index in [-0.39, 0.29) is 0 Å². The van der Waals surface area contributed by atoms with Gasteiger partial charge in [0.1, 0.15) is 6.29 Å². The molecule has 0 N–H and O–H groups in total. The maximum absolute atomic E-state index is 11.8. The zero-order chi connectivity index (χ0) is 13.6. The summed E-state index contributed by atoms with van der Waals surface area (Å²) in [5.74, 6) is 0. The normalized spacial score (nSPS) is 10.7. The molecule has 0 radical (unpaired) electrons. The number of benzene rings is 2. The molecular formula is C17H15NO. The molecule has 0 aliphatic rings. The molecule has 2 nitrogen and oxygen atoms in total. The van der Waals surface area contributed by atoms with Crippen LogP contribution in [0.3, 0.4) is 0 Å². The lowest BCUT2D eigenvalue weighted by molar-refractivity contribution is -0.111. The molecule has 0 bridgehead atoms. The highest BCUT2D eigenvalue weighted by molar-refractivity contribution is 5.75. The molecule has 2 rings (SSSR count). The van der Waals surface area contributed by atoms with Crippen LogP contribution in [-0.2, 0) is 10.2 Å². The van der Waals surface area contributed by atoms with E-state index < -0.39 is 5.41 Å². The summed E-state index contributed by atoms with van der Waals surface area (Å²) in [7, 11) is 0. The van der Waals surface area contributed by atoms with Gasteiger partial charge in [0.05, 0.1) is 11.5 Å². The standard InChI is InChI=1S/C17H15NO/c18-13-7-12-17(14-19,15-8-3-1-4-9-15)16-10-5-2-6-11-16/h1-6,8-11,14H,7,12H2. The Morgan fingerprint density at radius 3 is 1.79 bits per heavy atom. The number of carbonyl (C=O) groups is 1. The van der Waals surface area contributed by atoms with Gasteiger partial charge in [0.25, 0.3) is 0 Å². The summed E-state index contributed by atoms with van der Waals surface area (Å²) in [6, 6.07) is 21.4. The SMILES string of the molecule is N#CCCC(C=O)(c1ccccc1)c1ccccc1. The van der Waals surface area contributed by atoms with E-state index in [4.69, 9.17) is 5.26 Å². The van der Waals surface area contributed by atoms with Crippen LogP contribution in [0.15, 0.2) is 60.7 Å². The molecule has 0 aliphatic carbocycles. The van der Waals surface area contributed by atoms with Gasteiger partial charge >= 0.3 is 0 Å². The number of nitriles is 1. The minimum absolute atomic E-state index is 0.350. The third kappa shape index (κ3) is 2.56. The zero-order valence-corrected chi connectivity index (χ0v) is 10.6. The van der Waals surface area contributed by atoms with Crippen LogP contribution in [0.5, 0.6) is 0 Å². The predicted octanol–water partition coefficient (Wildman–Crippen LogP) is 3.48. The van der Waals surface area contributed by atoms with Crippen molar-refractivity contribution in [1.82, 2.24) is 0 Å². The Morgan fingerprint density at radius 2 is 1.42 bits per heavy atom. The van der Waals surface area contributed by atoms with Gasteiger partial charge in [-0.15, -0.1) is 0 Å². The number of hydrogen-bond donors (Lipinski definition) is 0. The summed E-state index contributed by atoms with van der Waals surface area (Å²) in [6.45, 7) is 0. The average Bonchev–Trinajstić information content (AvgIpc) is 2.51. The average molecular weight is 249 g/mol. The molecule has 0 amide bonds. The predicted molar refractivity (Wildman–Crippen MR) is 74.6 cm³/mol. The van der Waals surface area contributed by atoms with E-state index in [1.54, 1.807) is 0 Å². The minimum Gasteiger partial charge on any atom is -0.302 e. The quantitative estimate of drug-likeness (QED) is 0.761. The first-order valence-electron chi connectivity index (χ1n) is 6.28. The monoisotopic (exact) mass is 249 g/mol. The van der Waals surface area contributed by atoms with Crippen molar-refractivity contribution >= 4 is 6.29 Å². The van der Waals surface area contributed by atoms with Crippen LogP contribution in [-0.4, -0.2) is 6.29 Å². The Labute approximate surface area is 113 Å². The van der Waals surface area contributed by atoms with Crippen LogP contribution >= 0.6 is 0 Å². The molecule has 19 heavy (non-hydrogen) atoms. The first-order valence-corrected chi connectivity index (χ1v) is 6.28. The van der Waals surface area contributed by atoms with Gasteiger partial charge in [0, 0.05) is 6.42 Å². The van der Waals surface area contributed by atoms with Crippen LogP contribution in [0.2, 0.25) is 0 Å². The van der Waals surface area contributed by atoms with Crippen LogP contribution in [0.4, 0.5) is 0 Å². The van der Waals surface area contributed by atoms with E-state index in [0.717, 1.165) is 17.4 Å². The maximum atomic E-state index is 11.8. The Morgan fingerprint density at radius 1 is 0.947 bits per heavy atom. The lowest BCUT2D eigenvalue weighted by Crippen LogP contribution is -2.29. The number of carbonyl (C=O) groups excluding carboxylic acids is 1. The first kappa shape index (κ1) is 13.0. The summed E-state index contributed by atoms with van der Waals surface area (Å²) in [4.78, 5) is 11.8. The van der Waals surface area contributed by atoms with E-state index in [2.05, 4.69) is 6.07 Å². The smallest absolute Gasteiger partial charge is 0.134 e. The van der Waals surface area contributed by atoms with Crippen LogP contribution in [0.1, 0.15) is 24.0 Å². The van der Waals surface area contributed by atoms with E-state index in [9.17, 15) is 4.79 Å². The first-order chi connectivity index (χ1) is 9.33. The fourth-order valence-corrected chi connectivity index (χ4v) is 2.37. The molecular weight excluding hydrogens is 234 g/mol. The van der Waals surface area contributed by atoms with Crippen molar-refractivity contribution < 1.29 is 4.79 Å². The van der Waals surface area contributed by atoms with Gasteiger partial charge in [0.2, 0.25) is 0 Å². The minimum atomic E-state index is -0.724. The third-order valence-corrected chi connectivity index (χ3v) is 3.41.